The van der Waals surface area contributed by atoms with Gasteiger partial charge in [0, 0.05) is 23.6 Å². The first-order chi connectivity index (χ1) is 15.1. The van der Waals surface area contributed by atoms with Crippen molar-refractivity contribution < 1.29 is 42.1 Å². The van der Waals surface area contributed by atoms with Crippen LogP contribution in [0.4, 0.5) is 24.5 Å². The second-order valence-corrected chi connectivity index (χ2v) is 6.60. The second kappa shape index (κ2) is 8.97. The van der Waals surface area contributed by atoms with Crippen molar-refractivity contribution in [1.29, 1.82) is 0 Å². The van der Waals surface area contributed by atoms with Crippen molar-refractivity contribution in [3.05, 3.63) is 41.5 Å². The van der Waals surface area contributed by atoms with Crippen LogP contribution in [0, 0.1) is 18.8 Å². The Hall–Kier alpha value is -4.07. The molecule has 1 aliphatic heterocycles. The summed E-state index contributed by atoms with van der Waals surface area (Å²) < 4.78 is 51.8. The second-order valence-electron chi connectivity index (χ2n) is 6.60. The minimum Gasteiger partial charge on any atom is -0.496 e. The van der Waals surface area contributed by atoms with E-state index in [0.717, 1.165) is 12.1 Å². The molecule has 2 aromatic carbocycles. The van der Waals surface area contributed by atoms with Gasteiger partial charge in [0.15, 0.2) is 6.10 Å². The number of carbonyl (C=O) groups excluding carboxylic acids is 1. The molecule has 0 aromatic heterocycles. The largest absolute Gasteiger partial charge is 0.573 e. The highest BCUT2D eigenvalue weighted by molar-refractivity contribution is 5.97. The molecule has 168 valence electrons. The molecule has 0 radical (unpaired) electrons. The van der Waals surface area contributed by atoms with Gasteiger partial charge < -0.3 is 30.0 Å². The van der Waals surface area contributed by atoms with Crippen LogP contribution in [0.5, 0.6) is 17.2 Å². The quantitative estimate of drug-likeness (QED) is 0.615. The number of methoxy groups -OCH3 is 1. The predicted octanol–water partition coefficient (Wildman–Crippen LogP) is 3.15. The number of aryl methyl sites for hydroxylation is 1. The zero-order chi connectivity index (χ0) is 23.5. The van der Waals surface area contributed by atoms with Crippen molar-refractivity contribution in [2.45, 2.75) is 19.4 Å². The molecule has 1 heterocycles. The lowest BCUT2D eigenvalue weighted by molar-refractivity contribution is -0.274. The van der Waals surface area contributed by atoms with Gasteiger partial charge in [0.25, 0.3) is 5.91 Å². The van der Waals surface area contributed by atoms with Gasteiger partial charge in [0.1, 0.15) is 17.2 Å². The van der Waals surface area contributed by atoms with E-state index in [9.17, 15) is 22.8 Å². The molecule has 11 heteroatoms. The van der Waals surface area contributed by atoms with Gasteiger partial charge in [-0.25, -0.2) is 4.79 Å². The molecule has 32 heavy (non-hydrogen) atoms. The molecule has 0 fully saturated rings. The highest BCUT2D eigenvalue weighted by atomic mass is 19.4. The van der Waals surface area contributed by atoms with E-state index >= 15 is 0 Å². The first-order valence-corrected chi connectivity index (χ1v) is 9.10. The van der Waals surface area contributed by atoms with Gasteiger partial charge >= 0.3 is 12.3 Å². The molecule has 0 saturated heterocycles. The monoisotopic (exact) mass is 450 g/mol. The predicted molar refractivity (Wildman–Crippen MR) is 107 cm³/mol. The number of hydrogen-bond donors (Lipinski definition) is 3. The summed E-state index contributed by atoms with van der Waals surface area (Å²) in [5, 5.41) is 14.3. The van der Waals surface area contributed by atoms with Gasteiger partial charge in [-0.05, 0) is 30.7 Å². The Morgan fingerprint density at radius 1 is 1.28 bits per heavy atom. The molecule has 1 amide bonds. The molecule has 0 bridgehead atoms. The lowest BCUT2D eigenvalue weighted by atomic mass is 10.1. The number of anilines is 2. The van der Waals surface area contributed by atoms with Gasteiger partial charge in [-0.15, -0.1) is 13.2 Å². The van der Waals surface area contributed by atoms with Gasteiger partial charge in [-0.2, -0.15) is 0 Å². The maximum Gasteiger partial charge on any atom is 0.573 e. The van der Waals surface area contributed by atoms with Crippen LogP contribution in [0.25, 0.3) is 0 Å². The number of halogens is 3. The third-order valence-corrected chi connectivity index (χ3v) is 4.32. The van der Waals surface area contributed by atoms with Gasteiger partial charge in [0.2, 0.25) is 0 Å². The summed E-state index contributed by atoms with van der Waals surface area (Å²) in [4.78, 5) is 23.5. The zero-order valence-corrected chi connectivity index (χ0v) is 16.8. The fourth-order valence-corrected chi connectivity index (χ4v) is 2.94. The number of carbonyl (C=O) groups is 2. The number of benzene rings is 2. The molecule has 1 unspecified atom stereocenters. The van der Waals surface area contributed by atoms with Crippen LogP contribution in [0.1, 0.15) is 11.1 Å². The first-order valence-electron chi connectivity index (χ1n) is 9.10. The molecular formula is C21H17F3N2O6. The summed E-state index contributed by atoms with van der Waals surface area (Å²) in [6.45, 7) is 1.70. The van der Waals surface area contributed by atoms with Gasteiger partial charge in [-0.1, -0.05) is 5.92 Å². The normalized spacial score (nSPS) is 14.6. The number of amides is 1. The molecule has 3 N–H and O–H groups in total. The molecule has 3 rings (SSSR count). The van der Waals surface area contributed by atoms with E-state index in [1.54, 1.807) is 13.0 Å². The van der Waals surface area contributed by atoms with Crippen molar-refractivity contribution in [3.8, 4) is 29.1 Å². The Morgan fingerprint density at radius 3 is 2.69 bits per heavy atom. The molecule has 8 nitrogen and oxygen atoms in total. The van der Waals surface area contributed by atoms with Crippen molar-refractivity contribution in [1.82, 2.24) is 0 Å². The summed E-state index contributed by atoms with van der Waals surface area (Å²) in [6, 6.07) is 6.51. The summed E-state index contributed by atoms with van der Waals surface area (Å²) in [7, 11) is 1.44. The zero-order valence-electron chi connectivity index (χ0n) is 16.8. The van der Waals surface area contributed by atoms with Crippen LogP contribution in [0.15, 0.2) is 30.3 Å². The Kier molecular flexibility index (Phi) is 6.34. The number of fused-ring (bicyclic) bond motifs is 1. The van der Waals surface area contributed by atoms with E-state index in [2.05, 4.69) is 21.3 Å². The average Bonchev–Trinajstić information content (AvgIpc) is 2.71. The standard InChI is InChI=1S/C21H17F3N2O6/c1-11-7-12(3-6-19(27)28)14(9-17(11)30-2)26-20(29)18-10-25-15-8-13(32-21(22,23)24)4-5-16(15)31-18/h4-5,7-9,18,25H,10H2,1-2H3,(H,26,29)(H,27,28). The SMILES string of the molecule is COc1cc(NC(=O)C2CNc3cc(OC(F)(F)F)ccc3O2)c(C#CC(=O)O)cc1C. The topological polar surface area (TPSA) is 106 Å². The molecule has 1 atom stereocenters. The van der Waals surface area contributed by atoms with E-state index in [4.69, 9.17) is 14.6 Å². The summed E-state index contributed by atoms with van der Waals surface area (Å²) >= 11 is 0. The van der Waals surface area contributed by atoms with Crippen LogP contribution < -0.4 is 24.8 Å². The Balaban J connectivity index is 1.79. The number of ether oxygens (including phenoxy) is 3. The highest BCUT2D eigenvalue weighted by Gasteiger charge is 2.32. The van der Waals surface area contributed by atoms with Crippen LogP contribution in [0.3, 0.4) is 0 Å². The Bertz CT molecular complexity index is 1120. The average molecular weight is 450 g/mol. The fraction of sp³-hybridized carbons (Fsp3) is 0.238. The van der Waals surface area contributed by atoms with Crippen LogP contribution in [-0.4, -0.2) is 43.1 Å². The Morgan fingerprint density at radius 2 is 2.03 bits per heavy atom. The number of carboxylic acids is 1. The van der Waals surface area contributed by atoms with Crippen molar-refractivity contribution in [2.75, 3.05) is 24.3 Å². The molecular weight excluding hydrogens is 433 g/mol. The maximum absolute atomic E-state index is 12.8. The van der Waals surface area contributed by atoms with Crippen LogP contribution in [-0.2, 0) is 9.59 Å². The number of alkyl halides is 3. The fourth-order valence-electron chi connectivity index (χ4n) is 2.94. The summed E-state index contributed by atoms with van der Waals surface area (Å²) in [5.74, 6) is 2.74. The molecule has 1 aliphatic rings. The van der Waals surface area contributed by atoms with E-state index in [0.29, 0.717) is 11.3 Å². The smallest absolute Gasteiger partial charge is 0.496 e. The minimum atomic E-state index is -4.83. The first kappa shape index (κ1) is 22.6. The van der Waals surface area contributed by atoms with Crippen molar-refractivity contribution in [3.63, 3.8) is 0 Å². The summed E-state index contributed by atoms with van der Waals surface area (Å²) in [6.07, 6.45) is -5.85. The van der Waals surface area contributed by atoms with Gasteiger partial charge in [0.05, 0.1) is 25.0 Å². The lowest BCUT2D eigenvalue weighted by Gasteiger charge is -2.27. The molecule has 2 aromatic rings. The van der Waals surface area contributed by atoms with Crippen molar-refractivity contribution in [2.24, 2.45) is 0 Å². The molecule has 0 aliphatic carbocycles. The number of carboxylic acid groups (broad SMARTS) is 1. The van der Waals surface area contributed by atoms with Crippen LogP contribution >= 0.6 is 0 Å². The molecule has 0 spiro atoms. The molecule has 0 saturated carbocycles. The lowest BCUT2D eigenvalue weighted by Crippen LogP contribution is -2.41. The van der Waals surface area contributed by atoms with Crippen molar-refractivity contribution >= 4 is 23.3 Å². The van der Waals surface area contributed by atoms with E-state index < -0.39 is 30.1 Å². The minimum absolute atomic E-state index is 0.0343. The maximum atomic E-state index is 12.8. The van der Waals surface area contributed by atoms with Gasteiger partial charge in [-0.3, -0.25) is 4.79 Å². The third kappa shape index (κ3) is 5.54. The number of hydrogen-bond acceptors (Lipinski definition) is 6. The van der Waals surface area contributed by atoms with E-state index in [-0.39, 0.29) is 29.2 Å². The number of rotatable bonds is 4. The van der Waals surface area contributed by atoms with E-state index in [1.165, 1.54) is 19.2 Å². The number of nitrogens with one attached hydrogen (secondary N) is 2. The Labute approximate surface area is 180 Å². The third-order valence-electron chi connectivity index (χ3n) is 4.32. The van der Waals surface area contributed by atoms with E-state index in [1.807, 2.05) is 5.92 Å². The number of aliphatic carboxylic acids is 1. The summed E-state index contributed by atoms with van der Waals surface area (Å²) in [5.41, 5.74) is 1.40. The highest BCUT2D eigenvalue weighted by Crippen LogP contribution is 2.35. The van der Waals surface area contributed by atoms with Crippen LogP contribution in [0.2, 0.25) is 0 Å².